The molecule has 1 aromatic heterocycles. The van der Waals surface area contributed by atoms with Gasteiger partial charge in [-0.05, 0) is 30.7 Å². The molecule has 0 aliphatic carbocycles. The molecule has 1 fully saturated rings. The van der Waals surface area contributed by atoms with Crippen molar-refractivity contribution >= 4 is 17.5 Å². The Morgan fingerprint density at radius 3 is 2.66 bits per heavy atom. The number of rotatable bonds is 9. The number of benzene rings is 1. The smallest absolute Gasteiger partial charge is 0.270 e. The minimum Gasteiger partial charge on any atom is -0.494 e. The van der Waals surface area contributed by atoms with Gasteiger partial charge in [-0.3, -0.25) is 9.59 Å². The number of hydrogen-bond donors (Lipinski definition) is 2. The van der Waals surface area contributed by atoms with E-state index in [1.54, 1.807) is 19.1 Å². The molecule has 12 heteroatoms. The third kappa shape index (κ3) is 6.81. The highest BCUT2D eigenvalue weighted by atomic mass is 19.1. The maximum Gasteiger partial charge on any atom is 0.270 e. The maximum absolute atomic E-state index is 13.6. The summed E-state index contributed by atoms with van der Waals surface area (Å²) in [5.74, 6) is -0.493. The molecule has 2 aliphatic rings. The number of hydrogen-bond acceptors (Lipinski definition) is 9. The largest absolute Gasteiger partial charge is 0.494 e. The first-order valence-corrected chi connectivity index (χ1v) is 12.4. The lowest BCUT2D eigenvalue weighted by atomic mass is 10.0. The summed E-state index contributed by atoms with van der Waals surface area (Å²) in [5, 5.41) is 9.80. The van der Waals surface area contributed by atoms with Crippen molar-refractivity contribution in [3.63, 3.8) is 0 Å². The van der Waals surface area contributed by atoms with Gasteiger partial charge in [-0.1, -0.05) is 25.1 Å². The van der Waals surface area contributed by atoms with Crippen molar-refractivity contribution in [2.75, 3.05) is 26.9 Å². The highest BCUT2D eigenvalue weighted by molar-refractivity contribution is 6.02. The van der Waals surface area contributed by atoms with E-state index in [-0.39, 0.29) is 48.1 Å². The molecule has 204 valence electrons. The zero-order valence-electron chi connectivity index (χ0n) is 21.8. The van der Waals surface area contributed by atoms with Gasteiger partial charge in [-0.15, -0.1) is 0 Å². The van der Waals surface area contributed by atoms with Gasteiger partial charge in [0.2, 0.25) is 5.91 Å². The lowest BCUT2D eigenvalue weighted by molar-refractivity contribution is -0.170. The average molecular weight is 530 g/mol. The molecule has 0 unspecified atom stereocenters. The van der Waals surface area contributed by atoms with Gasteiger partial charge in [0, 0.05) is 25.4 Å². The van der Waals surface area contributed by atoms with Crippen LogP contribution in [0.15, 0.2) is 29.4 Å². The van der Waals surface area contributed by atoms with Crippen LogP contribution in [-0.2, 0) is 25.7 Å². The highest BCUT2D eigenvalue weighted by Crippen LogP contribution is 2.23. The molecule has 2 aromatic rings. The highest BCUT2D eigenvalue weighted by Gasteiger charge is 2.35. The van der Waals surface area contributed by atoms with Crippen molar-refractivity contribution in [3.05, 3.63) is 52.9 Å². The number of methoxy groups -OCH3 is 1. The molecule has 2 N–H and O–H groups in total. The molecule has 11 nitrogen and oxygen atoms in total. The molecule has 38 heavy (non-hydrogen) atoms. The van der Waals surface area contributed by atoms with E-state index >= 15 is 0 Å². The van der Waals surface area contributed by atoms with Crippen LogP contribution >= 0.6 is 0 Å². The van der Waals surface area contributed by atoms with Crippen LogP contribution in [-0.4, -0.2) is 72.7 Å². The van der Waals surface area contributed by atoms with Crippen LogP contribution in [0, 0.1) is 18.7 Å². The van der Waals surface area contributed by atoms with E-state index in [9.17, 15) is 14.0 Å². The Kier molecular flexibility index (Phi) is 8.85. The Bertz CT molecular complexity index is 1200. The molecule has 3 heterocycles. The van der Waals surface area contributed by atoms with Gasteiger partial charge in [-0.25, -0.2) is 14.4 Å². The van der Waals surface area contributed by atoms with Crippen LogP contribution in [0.4, 0.5) is 4.39 Å². The van der Waals surface area contributed by atoms with E-state index in [4.69, 9.17) is 19.0 Å². The molecule has 1 aromatic carbocycles. The summed E-state index contributed by atoms with van der Waals surface area (Å²) in [7, 11) is 1.38. The lowest BCUT2D eigenvalue weighted by Crippen LogP contribution is -2.47. The molecule has 4 rings (SSSR count). The number of carbonyl (C=O) groups is 2. The van der Waals surface area contributed by atoms with Gasteiger partial charge in [0.15, 0.2) is 17.7 Å². The summed E-state index contributed by atoms with van der Waals surface area (Å²) in [6.45, 7) is 6.54. The molecular formula is C26H32FN5O6. The molecule has 0 spiro atoms. The summed E-state index contributed by atoms with van der Waals surface area (Å²) in [6, 6.07) is 5.94. The van der Waals surface area contributed by atoms with Crippen LogP contribution in [0.3, 0.4) is 0 Å². The van der Waals surface area contributed by atoms with Crippen molar-refractivity contribution < 1.29 is 33.0 Å². The van der Waals surface area contributed by atoms with E-state index < -0.39 is 11.7 Å². The Labute approximate surface area is 220 Å². The van der Waals surface area contributed by atoms with Crippen molar-refractivity contribution in [1.82, 2.24) is 20.6 Å². The summed E-state index contributed by atoms with van der Waals surface area (Å²) in [6.07, 6.45) is -0.489. The van der Waals surface area contributed by atoms with Gasteiger partial charge >= 0.3 is 0 Å². The Morgan fingerprint density at radius 1 is 1.13 bits per heavy atom. The monoisotopic (exact) mass is 529 g/mol. The molecule has 3 atom stereocenters. The molecule has 1 saturated heterocycles. The van der Waals surface area contributed by atoms with Gasteiger partial charge in [0.25, 0.3) is 5.91 Å². The van der Waals surface area contributed by atoms with E-state index in [1.807, 2.05) is 13.8 Å². The van der Waals surface area contributed by atoms with Crippen molar-refractivity contribution in [3.8, 4) is 5.75 Å². The fourth-order valence-electron chi connectivity index (χ4n) is 3.98. The maximum atomic E-state index is 13.6. The third-order valence-electron chi connectivity index (χ3n) is 6.16. The van der Waals surface area contributed by atoms with Gasteiger partial charge in [0.1, 0.15) is 23.3 Å². The number of ether oxygens (including phenoxy) is 3. The Morgan fingerprint density at radius 2 is 1.95 bits per heavy atom. The van der Waals surface area contributed by atoms with Crippen LogP contribution in [0.5, 0.6) is 5.75 Å². The number of halogens is 1. The summed E-state index contributed by atoms with van der Waals surface area (Å²) in [4.78, 5) is 38.8. The van der Waals surface area contributed by atoms with Crippen LogP contribution < -0.4 is 15.4 Å². The van der Waals surface area contributed by atoms with Gasteiger partial charge < -0.3 is 29.7 Å². The fourth-order valence-corrected chi connectivity index (χ4v) is 3.98. The molecule has 0 bridgehead atoms. The lowest BCUT2D eigenvalue weighted by Gasteiger charge is -2.31. The van der Waals surface area contributed by atoms with Gasteiger partial charge in [-0.2, -0.15) is 0 Å². The first-order chi connectivity index (χ1) is 18.2. The zero-order chi connectivity index (χ0) is 27.2. The van der Waals surface area contributed by atoms with E-state index in [0.717, 1.165) is 0 Å². The van der Waals surface area contributed by atoms with Gasteiger partial charge in [0.05, 0.1) is 32.1 Å². The minimum absolute atomic E-state index is 0.0308. The first kappa shape index (κ1) is 27.4. The number of aryl methyl sites for hydroxylation is 1. The van der Waals surface area contributed by atoms with E-state index in [1.165, 1.54) is 19.2 Å². The number of oxime groups is 1. The number of nitrogens with one attached hydrogen (secondary N) is 2. The zero-order valence-corrected chi connectivity index (χ0v) is 21.8. The summed E-state index contributed by atoms with van der Waals surface area (Å²) < 4.78 is 30.4. The quantitative estimate of drug-likeness (QED) is 0.503. The normalized spacial score (nSPS) is 21.0. The van der Waals surface area contributed by atoms with Crippen molar-refractivity contribution in [2.45, 2.75) is 52.0 Å². The summed E-state index contributed by atoms with van der Waals surface area (Å²) >= 11 is 0. The number of nitrogens with zero attached hydrogens (tertiary/aromatic N) is 3. The molecule has 2 amide bonds. The predicted octanol–water partition coefficient (Wildman–Crippen LogP) is 1.91. The number of aromatic nitrogens is 2. The van der Waals surface area contributed by atoms with Crippen molar-refractivity contribution in [1.29, 1.82) is 0 Å². The SMILES string of the molecule is COc1cc(CNC(=O)c2cc(C3=NO[C@H]([C@H]4CO[C@H](CNC(=O)C(C)C)CO4)C3)nc(C)n2)ccc1F. The third-order valence-corrected chi connectivity index (χ3v) is 6.16. The van der Waals surface area contributed by atoms with E-state index in [2.05, 4.69) is 25.8 Å². The van der Waals surface area contributed by atoms with E-state index in [0.29, 0.717) is 49.0 Å². The molecule has 2 aliphatic heterocycles. The number of carbonyl (C=O) groups excluding carboxylic acids is 2. The predicted molar refractivity (Wildman–Crippen MR) is 134 cm³/mol. The fraction of sp³-hybridized carbons (Fsp3) is 0.500. The second-order valence-electron chi connectivity index (χ2n) is 9.45. The standard InChI is InChI=1S/C26H32FN5O6/c1-14(2)25(33)29-11-17-12-37-24(13-36-17)23-9-20(32-38-23)19-8-21(31-15(3)30-19)26(34)28-10-16-5-6-18(27)22(7-16)35-4/h5-8,14,17,23-24H,9-13H2,1-4H3,(H,28,34)(H,29,33)/t17-,23+,24-/m1/s1. The Balaban J connectivity index is 1.31. The second-order valence-corrected chi connectivity index (χ2v) is 9.45. The first-order valence-electron chi connectivity index (χ1n) is 12.4. The Hall–Kier alpha value is -3.64. The topological polar surface area (TPSA) is 133 Å². The summed E-state index contributed by atoms with van der Waals surface area (Å²) in [5.41, 5.74) is 1.92. The second kappa shape index (κ2) is 12.3. The van der Waals surface area contributed by atoms with Crippen LogP contribution in [0.25, 0.3) is 0 Å². The molecule has 0 saturated carbocycles. The molecular weight excluding hydrogens is 497 g/mol. The molecule has 0 radical (unpaired) electrons. The van der Waals surface area contributed by atoms with Crippen LogP contribution in [0.1, 0.15) is 47.8 Å². The van der Waals surface area contributed by atoms with Crippen LogP contribution in [0.2, 0.25) is 0 Å². The average Bonchev–Trinajstić information content (AvgIpc) is 3.41. The minimum atomic E-state index is -0.475. The van der Waals surface area contributed by atoms with Crippen molar-refractivity contribution in [2.24, 2.45) is 11.1 Å². The number of amides is 2.